The average Bonchev–Trinajstić information content (AvgIpc) is 3.43. The number of amides is 2. The van der Waals surface area contributed by atoms with Crippen LogP contribution in [0, 0.1) is 0 Å². The van der Waals surface area contributed by atoms with Gasteiger partial charge < -0.3 is 15.2 Å². The van der Waals surface area contributed by atoms with Gasteiger partial charge in [-0.15, -0.1) is 0 Å². The summed E-state index contributed by atoms with van der Waals surface area (Å²) in [4.78, 5) is 26.8. The number of aromatic nitrogens is 1. The van der Waals surface area contributed by atoms with E-state index in [-0.39, 0.29) is 18.4 Å². The van der Waals surface area contributed by atoms with Gasteiger partial charge in [-0.1, -0.05) is 36.4 Å². The highest BCUT2D eigenvalue weighted by Gasteiger charge is 2.32. The zero-order valence-electron chi connectivity index (χ0n) is 16.2. The molecule has 1 aliphatic heterocycles. The summed E-state index contributed by atoms with van der Waals surface area (Å²) in [5.41, 5.74) is 2.94. The molecule has 2 N–H and O–H groups in total. The van der Waals surface area contributed by atoms with Crippen molar-refractivity contribution in [2.24, 2.45) is 0 Å². The molecule has 30 heavy (non-hydrogen) atoms. The number of benzene rings is 2. The van der Waals surface area contributed by atoms with Crippen molar-refractivity contribution in [1.82, 2.24) is 15.2 Å². The standard InChI is InChI=1S/C23H20N4O2S/c28-21(24-16-10-11-16)14-26-13-15(18-8-4-5-9-20(18)26)12-19-22(29)27(23(30)25-19)17-6-2-1-3-7-17/h1-9,12-13,16H,10-11,14H2,(H,24,28)(H,25,30)/b19-12-. The van der Waals surface area contributed by atoms with Gasteiger partial charge in [0, 0.05) is 28.7 Å². The lowest BCUT2D eigenvalue weighted by atomic mass is 10.1. The van der Waals surface area contributed by atoms with Crippen LogP contribution < -0.4 is 15.5 Å². The highest BCUT2D eigenvalue weighted by molar-refractivity contribution is 7.80. The van der Waals surface area contributed by atoms with Crippen LogP contribution >= 0.6 is 12.2 Å². The Kier molecular flexibility index (Phi) is 4.59. The van der Waals surface area contributed by atoms with Gasteiger partial charge in [0.15, 0.2) is 5.11 Å². The number of nitrogens with zero attached hydrogens (tertiary/aromatic N) is 2. The Morgan fingerprint density at radius 3 is 2.63 bits per heavy atom. The van der Waals surface area contributed by atoms with Crippen LogP contribution in [0.25, 0.3) is 17.0 Å². The smallest absolute Gasteiger partial charge is 0.281 e. The van der Waals surface area contributed by atoms with Crippen molar-refractivity contribution in [3.63, 3.8) is 0 Å². The fraction of sp³-hybridized carbons (Fsp3) is 0.174. The third-order valence-electron chi connectivity index (χ3n) is 5.27. The SMILES string of the molecule is O=C(Cn1cc(/C=C2\NC(=S)N(c3ccccc3)C2=O)c2ccccc21)NC1CC1. The molecule has 7 heteroatoms. The monoisotopic (exact) mass is 416 g/mol. The highest BCUT2D eigenvalue weighted by Crippen LogP contribution is 2.27. The van der Waals surface area contributed by atoms with Gasteiger partial charge in [-0.05, 0) is 49.3 Å². The topological polar surface area (TPSA) is 66.4 Å². The molecule has 2 aliphatic rings. The van der Waals surface area contributed by atoms with Crippen LogP contribution in [-0.2, 0) is 16.1 Å². The first kappa shape index (κ1) is 18.6. The van der Waals surface area contributed by atoms with Crippen LogP contribution in [0.1, 0.15) is 18.4 Å². The number of rotatable bonds is 5. The Balaban J connectivity index is 1.47. The van der Waals surface area contributed by atoms with Crippen molar-refractivity contribution < 1.29 is 9.59 Å². The summed E-state index contributed by atoms with van der Waals surface area (Å²) in [6.45, 7) is 0.246. The second kappa shape index (κ2) is 7.42. The van der Waals surface area contributed by atoms with Crippen molar-refractivity contribution in [1.29, 1.82) is 0 Å². The molecular weight excluding hydrogens is 396 g/mol. The van der Waals surface area contributed by atoms with Gasteiger partial charge in [0.25, 0.3) is 5.91 Å². The number of carbonyl (C=O) groups is 2. The maximum absolute atomic E-state index is 13.0. The summed E-state index contributed by atoms with van der Waals surface area (Å²) in [5, 5.41) is 7.38. The normalized spacial score (nSPS) is 17.6. The molecule has 2 aromatic carbocycles. The van der Waals surface area contributed by atoms with Crippen LogP contribution in [-0.4, -0.2) is 27.5 Å². The van der Waals surface area contributed by atoms with Crippen LogP contribution in [0.15, 0.2) is 66.5 Å². The Labute approximate surface area is 179 Å². The van der Waals surface area contributed by atoms with Crippen molar-refractivity contribution in [2.75, 3.05) is 4.90 Å². The summed E-state index contributed by atoms with van der Waals surface area (Å²) in [6, 6.07) is 17.5. The zero-order chi connectivity index (χ0) is 20.7. The van der Waals surface area contributed by atoms with E-state index in [1.165, 1.54) is 4.90 Å². The van der Waals surface area contributed by atoms with Crippen LogP contribution in [0.2, 0.25) is 0 Å². The minimum absolute atomic E-state index is 0.00366. The summed E-state index contributed by atoms with van der Waals surface area (Å²) < 4.78 is 1.92. The average molecular weight is 417 g/mol. The first-order chi connectivity index (χ1) is 14.6. The summed E-state index contributed by atoms with van der Waals surface area (Å²) in [6.07, 6.45) is 5.82. The van der Waals surface area contributed by atoms with Crippen LogP contribution in [0.3, 0.4) is 0 Å². The van der Waals surface area contributed by atoms with Gasteiger partial charge in [0.2, 0.25) is 5.91 Å². The van der Waals surface area contributed by atoms with E-state index in [2.05, 4.69) is 10.6 Å². The summed E-state index contributed by atoms with van der Waals surface area (Å²) >= 11 is 5.39. The van der Waals surface area contributed by atoms with E-state index >= 15 is 0 Å². The molecule has 2 amide bonds. The lowest BCUT2D eigenvalue weighted by Crippen LogP contribution is -2.30. The molecule has 1 aliphatic carbocycles. The molecule has 1 aromatic heterocycles. The molecule has 0 unspecified atom stereocenters. The van der Waals surface area contributed by atoms with Gasteiger partial charge in [0.05, 0.1) is 5.69 Å². The Morgan fingerprint density at radius 2 is 1.87 bits per heavy atom. The third-order valence-corrected chi connectivity index (χ3v) is 5.55. The molecule has 2 heterocycles. The fourth-order valence-corrected chi connectivity index (χ4v) is 3.98. The third kappa shape index (κ3) is 3.48. The Bertz CT molecular complexity index is 1190. The zero-order valence-corrected chi connectivity index (χ0v) is 17.0. The van der Waals surface area contributed by atoms with E-state index in [1.807, 2.05) is 65.4 Å². The Morgan fingerprint density at radius 1 is 1.13 bits per heavy atom. The predicted molar refractivity (Wildman–Crippen MR) is 121 cm³/mol. The molecule has 5 rings (SSSR count). The number of thiocarbonyl (C=S) groups is 1. The van der Waals surface area contributed by atoms with Crippen LogP contribution in [0.5, 0.6) is 0 Å². The van der Waals surface area contributed by atoms with E-state index in [0.29, 0.717) is 16.9 Å². The van der Waals surface area contributed by atoms with Crippen LogP contribution in [0.4, 0.5) is 5.69 Å². The number of carbonyl (C=O) groups excluding carboxylic acids is 2. The number of nitrogens with one attached hydrogen (secondary N) is 2. The van der Waals surface area contributed by atoms with Crippen molar-refractivity contribution >= 4 is 51.8 Å². The minimum atomic E-state index is -0.200. The number of hydrogen-bond donors (Lipinski definition) is 2. The van der Waals surface area contributed by atoms with E-state index in [9.17, 15) is 9.59 Å². The first-order valence-electron chi connectivity index (χ1n) is 9.89. The maximum atomic E-state index is 13.0. The van der Waals surface area contributed by atoms with Gasteiger partial charge >= 0.3 is 0 Å². The molecule has 150 valence electrons. The maximum Gasteiger partial charge on any atom is 0.281 e. The number of anilines is 1. The van der Waals surface area contributed by atoms with E-state index in [1.54, 1.807) is 6.08 Å². The second-order valence-electron chi connectivity index (χ2n) is 7.54. The molecule has 0 atom stereocenters. The van der Waals surface area contributed by atoms with E-state index < -0.39 is 0 Å². The van der Waals surface area contributed by atoms with Gasteiger partial charge in [-0.25, -0.2) is 0 Å². The van der Waals surface area contributed by atoms with Gasteiger partial charge in [0.1, 0.15) is 12.2 Å². The Hall–Kier alpha value is -3.45. The second-order valence-corrected chi connectivity index (χ2v) is 7.92. The fourth-order valence-electron chi connectivity index (χ4n) is 3.68. The van der Waals surface area contributed by atoms with Gasteiger partial charge in [-0.3, -0.25) is 14.5 Å². The molecule has 1 saturated heterocycles. The lowest BCUT2D eigenvalue weighted by Gasteiger charge is -2.13. The van der Waals surface area contributed by atoms with Crippen molar-refractivity contribution in [3.8, 4) is 0 Å². The molecule has 2 fully saturated rings. The van der Waals surface area contributed by atoms with Gasteiger partial charge in [-0.2, -0.15) is 0 Å². The molecule has 0 radical (unpaired) electrons. The molecule has 3 aromatic rings. The molecule has 0 bridgehead atoms. The number of hydrogen-bond acceptors (Lipinski definition) is 3. The molecule has 6 nitrogen and oxygen atoms in total. The first-order valence-corrected chi connectivity index (χ1v) is 10.3. The number of fused-ring (bicyclic) bond motifs is 1. The summed E-state index contributed by atoms with van der Waals surface area (Å²) in [7, 11) is 0. The van der Waals surface area contributed by atoms with Crippen molar-refractivity contribution in [2.45, 2.75) is 25.4 Å². The minimum Gasteiger partial charge on any atom is -0.352 e. The molecule has 0 spiro atoms. The predicted octanol–water partition coefficient (Wildman–Crippen LogP) is 3.18. The summed E-state index contributed by atoms with van der Waals surface area (Å²) in [5.74, 6) is -0.196. The molecule has 1 saturated carbocycles. The quantitative estimate of drug-likeness (QED) is 0.495. The number of para-hydroxylation sites is 2. The van der Waals surface area contributed by atoms with E-state index in [0.717, 1.165) is 35.0 Å². The molecular formula is C23H20N4O2S. The van der Waals surface area contributed by atoms with E-state index in [4.69, 9.17) is 12.2 Å². The highest BCUT2D eigenvalue weighted by atomic mass is 32.1. The van der Waals surface area contributed by atoms with Crippen molar-refractivity contribution in [3.05, 3.63) is 72.1 Å². The largest absolute Gasteiger partial charge is 0.352 e. The lowest BCUT2D eigenvalue weighted by molar-refractivity contribution is -0.121.